The van der Waals surface area contributed by atoms with E-state index < -0.39 is 22.2 Å². The Labute approximate surface area is 113 Å². The molecule has 0 saturated heterocycles. The van der Waals surface area contributed by atoms with Gasteiger partial charge in [-0.05, 0) is 24.6 Å². The van der Waals surface area contributed by atoms with Crippen LogP contribution in [0.2, 0.25) is 0 Å². The Bertz CT molecular complexity index is 659. The van der Waals surface area contributed by atoms with Gasteiger partial charge in [0.15, 0.2) is 11.6 Å². The molecule has 104 valence electrons. The predicted octanol–water partition coefficient (Wildman–Crippen LogP) is 3.76. The van der Waals surface area contributed by atoms with Crippen molar-refractivity contribution in [3.05, 3.63) is 69.3 Å². The summed E-state index contributed by atoms with van der Waals surface area (Å²) in [5.74, 6) is -1.55. The van der Waals surface area contributed by atoms with Crippen LogP contribution in [0.5, 0.6) is 5.75 Å². The third-order valence-electron chi connectivity index (χ3n) is 2.72. The van der Waals surface area contributed by atoms with Gasteiger partial charge in [-0.25, -0.2) is 4.39 Å². The summed E-state index contributed by atoms with van der Waals surface area (Å²) in [6.45, 7) is 1.48. The maximum atomic E-state index is 13.8. The highest BCUT2D eigenvalue weighted by Crippen LogP contribution is 2.23. The first-order valence-electron chi connectivity index (χ1n) is 5.80. The highest BCUT2D eigenvalue weighted by Gasteiger charge is 2.17. The molecule has 6 heteroatoms. The molecule has 2 aromatic rings. The van der Waals surface area contributed by atoms with E-state index in [1.165, 1.54) is 24.3 Å². The quantitative estimate of drug-likeness (QED) is 0.632. The first kappa shape index (κ1) is 13.9. The molecule has 0 aliphatic rings. The zero-order chi connectivity index (χ0) is 14.7. The minimum absolute atomic E-state index is 0.0000983. The molecule has 4 nitrogen and oxygen atoms in total. The van der Waals surface area contributed by atoms with Crippen molar-refractivity contribution in [1.29, 1.82) is 0 Å². The molecule has 0 unspecified atom stereocenters. The second kappa shape index (κ2) is 5.64. The van der Waals surface area contributed by atoms with Gasteiger partial charge in [0, 0.05) is 11.6 Å². The Balaban J connectivity index is 2.21. The summed E-state index contributed by atoms with van der Waals surface area (Å²) in [6.07, 6.45) is 0. The highest BCUT2D eigenvalue weighted by molar-refractivity contribution is 5.37. The molecule has 0 saturated carbocycles. The van der Waals surface area contributed by atoms with E-state index in [4.69, 9.17) is 4.74 Å². The molecule has 0 radical (unpaired) electrons. The van der Waals surface area contributed by atoms with Gasteiger partial charge in [-0.2, -0.15) is 4.39 Å². The molecule has 2 aromatic carbocycles. The summed E-state index contributed by atoms with van der Waals surface area (Å²) >= 11 is 0. The zero-order valence-corrected chi connectivity index (χ0v) is 10.6. The molecular weight excluding hydrogens is 268 g/mol. The third-order valence-corrected chi connectivity index (χ3v) is 2.72. The van der Waals surface area contributed by atoms with E-state index >= 15 is 0 Å². The van der Waals surface area contributed by atoms with Crippen LogP contribution in [0.4, 0.5) is 14.5 Å². The Morgan fingerprint density at radius 3 is 2.70 bits per heavy atom. The maximum absolute atomic E-state index is 13.8. The zero-order valence-electron chi connectivity index (χ0n) is 10.6. The second-order valence-electron chi connectivity index (χ2n) is 4.23. The van der Waals surface area contributed by atoms with Crippen molar-refractivity contribution in [3.8, 4) is 5.75 Å². The Morgan fingerprint density at radius 1 is 1.25 bits per heavy atom. The van der Waals surface area contributed by atoms with Gasteiger partial charge in [0.2, 0.25) is 5.82 Å². The number of nitro benzene ring substituents is 1. The van der Waals surface area contributed by atoms with Crippen LogP contribution in [-0.2, 0) is 6.61 Å². The van der Waals surface area contributed by atoms with Gasteiger partial charge in [-0.1, -0.05) is 18.2 Å². The molecule has 0 aromatic heterocycles. The summed E-state index contributed by atoms with van der Waals surface area (Å²) < 4.78 is 32.4. The number of aryl methyl sites for hydroxylation is 1. The average Bonchev–Trinajstić information content (AvgIpc) is 2.41. The molecule has 2 rings (SSSR count). The lowest BCUT2D eigenvalue weighted by Crippen LogP contribution is -2.02. The van der Waals surface area contributed by atoms with Crippen molar-refractivity contribution in [1.82, 2.24) is 0 Å². The number of benzene rings is 2. The van der Waals surface area contributed by atoms with Gasteiger partial charge in [0.05, 0.1) is 4.92 Å². The molecule has 0 spiro atoms. The largest absolute Gasteiger partial charge is 0.486 e. The van der Waals surface area contributed by atoms with E-state index in [0.717, 1.165) is 11.6 Å². The third kappa shape index (κ3) is 2.90. The highest BCUT2D eigenvalue weighted by atomic mass is 19.1. The fourth-order valence-electron chi connectivity index (χ4n) is 1.70. The summed E-state index contributed by atoms with van der Waals surface area (Å²) in [7, 11) is 0. The van der Waals surface area contributed by atoms with Crippen molar-refractivity contribution < 1.29 is 18.4 Å². The van der Waals surface area contributed by atoms with Gasteiger partial charge < -0.3 is 4.74 Å². The smallest absolute Gasteiger partial charge is 0.305 e. The molecule has 0 bridgehead atoms. The molecule has 0 N–H and O–H groups in total. The molecule has 0 atom stereocenters. The van der Waals surface area contributed by atoms with E-state index in [-0.39, 0.29) is 17.9 Å². The van der Waals surface area contributed by atoms with Gasteiger partial charge in [0.1, 0.15) is 6.61 Å². The molecule has 0 fully saturated rings. The van der Waals surface area contributed by atoms with Crippen LogP contribution in [0, 0.1) is 28.7 Å². The van der Waals surface area contributed by atoms with Crippen LogP contribution >= 0.6 is 0 Å². The fraction of sp³-hybridized carbons (Fsp3) is 0.143. The number of rotatable bonds is 4. The van der Waals surface area contributed by atoms with Crippen LogP contribution in [-0.4, -0.2) is 4.92 Å². The van der Waals surface area contributed by atoms with Gasteiger partial charge in [-0.15, -0.1) is 0 Å². The van der Waals surface area contributed by atoms with E-state index in [1.807, 2.05) is 0 Å². The number of halogens is 2. The number of nitrogens with zero attached hydrogens (tertiary/aromatic N) is 1. The number of hydrogen-bond donors (Lipinski definition) is 0. The van der Waals surface area contributed by atoms with Crippen LogP contribution in [0.25, 0.3) is 0 Å². The van der Waals surface area contributed by atoms with Gasteiger partial charge in [-0.3, -0.25) is 10.1 Å². The van der Waals surface area contributed by atoms with E-state index in [0.29, 0.717) is 0 Å². The van der Waals surface area contributed by atoms with Crippen molar-refractivity contribution in [2.75, 3.05) is 0 Å². The number of ether oxygens (including phenoxy) is 1. The van der Waals surface area contributed by atoms with E-state index in [2.05, 4.69) is 0 Å². The van der Waals surface area contributed by atoms with Crippen LogP contribution in [0.1, 0.15) is 11.1 Å². The Hall–Kier alpha value is -2.50. The first-order valence-corrected chi connectivity index (χ1v) is 5.80. The van der Waals surface area contributed by atoms with Crippen molar-refractivity contribution in [2.45, 2.75) is 13.5 Å². The number of nitro groups is 1. The molecular formula is C14H11F2NO3. The molecule has 20 heavy (non-hydrogen) atoms. The fourth-order valence-corrected chi connectivity index (χ4v) is 1.70. The minimum Gasteiger partial charge on any atom is -0.486 e. The molecule has 0 amide bonds. The Kier molecular flexibility index (Phi) is 3.93. The Morgan fingerprint density at radius 2 is 2.00 bits per heavy atom. The average molecular weight is 279 g/mol. The SMILES string of the molecule is Cc1ccc(F)c(OCc2cccc([N+](=O)[O-])c2F)c1. The summed E-state index contributed by atoms with van der Waals surface area (Å²) in [4.78, 5) is 9.80. The summed E-state index contributed by atoms with van der Waals surface area (Å²) in [5, 5.41) is 10.6. The van der Waals surface area contributed by atoms with E-state index in [9.17, 15) is 18.9 Å². The lowest BCUT2D eigenvalue weighted by atomic mass is 10.2. The topological polar surface area (TPSA) is 52.4 Å². The normalized spacial score (nSPS) is 10.3. The maximum Gasteiger partial charge on any atom is 0.305 e. The predicted molar refractivity (Wildman–Crippen MR) is 68.5 cm³/mol. The monoisotopic (exact) mass is 279 g/mol. The van der Waals surface area contributed by atoms with Gasteiger partial charge >= 0.3 is 5.69 Å². The lowest BCUT2D eigenvalue weighted by Gasteiger charge is -2.08. The summed E-state index contributed by atoms with van der Waals surface area (Å²) in [5.41, 5.74) is 0.164. The molecule has 0 aliphatic heterocycles. The first-order chi connectivity index (χ1) is 9.49. The second-order valence-corrected chi connectivity index (χ2v) is 4.23. The van der Waals surface area contributed by atoms with Crippen molar-refractivity contribution >= 4 is 5.69 Å². The van der Waals surface area contributed by atoms with Crippen LogP contribution in [0.3, 0.4) is 0 Å². The standard InChI is InChI=1S/C14H11F2NO3/c1-9-5-6-11(15)13(7-9)20-8-10-3-2-4-12(14(10)16)17(18)19/h2-7H,8H2,1H3. The van der Waals surface area contributed by atoms with E-state index in [1.54, 1.807) is 13.0 Å². The van der Waals surface area contributed by atoms with Crippen LogP contribution < -0.4 is 4.74 Å². The van der Waals surface area contributed by atoms with Crippen molar-refractivity contribution in [2.24, 2.45) is 0 Å². The lowest BCUT2D eigenvalue weighted by molar-refractivity contribution is -0.387. The minimum atomic E-state index is -0.967. The summed E-state index contributed by atoms with van der Waals surface area (Å²) in [6, 6.07) is 8.07. The molecule has 0 aliphatic carbocycles. The van der Waals surface area contributed by atoms with Crippen molar-refractivity contribution in [3.63, 3.8) is 0 Å². The van der Waals surface area contributed by atoms with Crippen LogP contribution in [0.15, 0.2) is 36.4 Å². The number of hydrogen-bond acceptors (Lipinski definition) is 3. The van der Waals surface area contributed by atoms with Gasteiger partial charge in [0.25, 0.3) is 0 Å². The molecule has 0 heterocycles.